The fraction of sp³-hybridized carbons (Fsp3) is 0.500. The van der Waals surface area contributed by atoms with Crippen molar-refractivity contribution in [3.05, 3.63) is 0 Å². The van der Waals surface area contributed by atoms with Crippen LogP contribution in [0.5, 0.6) is 0 Å². The highest BCUT2D eigenvalue weighted by Crippen LogP contribution is 1.65. The summed E-state index contributed by atoms with van der Waals surface area (Å²) in [6, 6.07) is 0. The van der Waals surface area contributed by atoms with Gasteiger partial charge >= 0.3 is 0 Å². The molecule has 0 aromatic carbocycles. The molecule has 0 unspecified atom stereocenters. The number of hydrogen-bond acceptors (Lipinski definition) is 1. The summed E-state index contributed by atoms with van der Waals surface area (Å²) in [6.07, 6.45) is 0.874. The highest BCUT2D eigenvalue weighted by Gasteiger charge is 1.77. The van der Waals surface area contributed by atoms with E-state index in [1.807, 2.05) is 6.92 Å². The van der Waals surface area contributed by atoms with Crippen molar-refractivity contribution in [2.45, 2.75) is 13.3 Å². The van der Waals surface area contributed by atoms with Crippen LogP contribution in [0.4, 0.5) is 0 Å². The standard InChI is InChI=1S/C6H10N2S/c1-2-3-4-5-8-6(7)9/h2,5H2,1H3,(H3,7,8,9). The molecule has 3 heteroatoms. The van der Waals surface area contributed by atoms with E-state index in [2.05, 4.69) is 29.4 Å². The van der Waals surface area contributed by atoms with Crippen molar-refractivity contribution in [2.24, 2.45) is 5.73 Å². The molecule has 0 radical (unpaired) electrons. The van der Waals surface area contributed by atoms with Crippen LogP contribution in [0.1, 0.15) is 13.3 Å². The second-order valence-corrected chi connectivity index (χ2v) is 1.86. The lowest BCUT2D eigenvalue weighted by Crippen LogP contribution is -2.29. The van der Waals surface area contributed by atoms with Gasteiger partial charge in [-0.3, -0.25) is 0 Å². The van der Waals surface area contributed by atoms with E-state index < -0.39 is 0 Å². The first-order valence-corrected chi connectivity index (χ1v) is 3.17. The van der Waals surface area contributed by atoms with Crippen molar-refractivity contribution >= 4 is 17.3 Å². The zero-order valence-corrected chi connectivity index (χ0v) is 6.22. The minimum Gasteiger partial charge on any atom is -0.376 e. The van der Waals surface area contributed by atoms with Crippen LogP contribution in [0, 0.1) is 11.8 Å². The van der Waals surface area contributed by atoms with Gasteiger partial charge in [0.15, 0.2) is 5.11 Å². The summed E-state index contributed by atoms with van der Waals surface area (Å²) in [5.41, 5.74) is 5.13. The Morgan fingerprint density at radius 1 is 1.67 bits per heavy atom. The van der Waals surface area contributed by atoms with Crippen LogP contribution < -0.4 is 11.1 Å². The molecule has 3 N–H and O–H groups in total. The lowest BCUT2D eigenvalue weighted by atomic mass is 10.5. The molecule has 0 fully saturated rings. The Morgan fingerprint density at radius 2 is 2.33 bits per heavy atom. The molecular formula is C6H10N2S. The molecule has 0 aromatic rings. The number of hydrogen-bond donors (Lipinski definition) is 2. The maximum Gasteiger partial charge on any atom is 0.164 e. The van der Waals surface area contributed by atoms with Gasteiger partial charge in [0.25, 0.3) is 0 Å². The molecule has 0 heterocycles. The molecule has 0 saturated carbocycles. The minimum atomic E-state index is 0.306. The Kier molecular flexibility index (Phi) is 4.94. The maximum atomic E-state index is 5.13. The van der Waals surface area contributed by atoms with Crippen LogP contribution in [0.25, 0.3) is 0 Å². The van der Waals surface area contributed by atoms with Gasteiger partial charge in [0, 0.05) is 6.42 Å². The quantitative estimate of drug-likeness (QED) is 0.406. The summed E-state index contributed by atoms with van der Waals surface area (Å²) < 4.78 is 0. The number of rotatable bonds is 1. The Morgan fingerprint density at radius 3 is 2.78 bits per heavy atom. The number of thiocarbonyl (C=S) groups is 1. The zero-order chi connectivity index (χ0) is 7.11. The molecule has 0 aliphatic heterocycles. The minimum absolute atomic E-state index is 0.306. The SMILES string of the molecule is CCC#CCNC(N)=S. The van der Waals surface area contributed by atoms with E-state index in [1.165, 1.54) is 0 Å². The first-order chi connectivity index (χ1) is 4.27. The average Bonchev–Trinajstić information content (AvgIpc) is 1.80. The van der Waals surface area contributed by atoms with Crippen LogP contribution >= 0.6 is 12.2 Å². The summed E-state index contributed by atoms with van der Waals surface area (Å²) in [4.78, 5) is 0. The van der Waals surface area contributed by atoms with Gasteiger partial charge in [0.1, 0.15) is 0 Å². The molecule has 0 atom stereocenters. The van der Waals surface area contributed by atoms with Crippen molar-refractivity contribution in [2.75, 3.05) is 6.54 Å². The predicted molar refractivity (Wildman–Crippen MR) is 42.9 cm³/mol. The van der Waals surface area contributed by atoms with Crippen LogP contribution in [-0.4, -0.2) is 11.7 Å². The lowest BCUT2D eigenvalue weighted by molar-refractivity contribution is 1.07. The maximum absolute atomic E-state index is 5.13. The van der Waals surface area contributed by atoms with Crippen molar-refractivity contribution in [3.63, 3.8) is 0 Å². The summed E-state index contributed by atoms with van der Waals surface area (Å²) in [6.45, 7) is 2.55. The van der Waals surface area contributed by atoms with Crippen molar-refractivity contribution < 1.29 is 0 Å². The molecule has 0 saturated heterocycles. The molecule has 0 aliphatic rings. The molecule has 0 spiro atoms. The van der Waals surface area contributed by atoms with Gasteiger partial charge in [0.2, 0.25) is 0 Å². The molecule has 2 nitrogen and oxygen atoms in total. The average molecular weight is 142 g/mol. The van der Waals surface area contributed by atoms with E-state index in [0.717, 1.165) is 6.42 Å². The van der Waals surface area contributed by atoms with Crippen LogP contribution in [0.15, 0.2) is 0 Å². The molecule has 9 heavy (non-hydrogen) atoms. The smallest absolute Gasteiger partial charge is 0.164 e. The Hall–Kier alpha value is -0.750. The van der Waals surface area contributed by atoms with E-state index in [9.17, 15) is 0 Å². The van der Waals surface area contributed by atoms with Crippen molar-refractivity contribution in [1.29, 1.82) is 0 Å². The number of nitrogens with one attached hydrogen (secondary N) is 1. The van der Waals surface area contributed by atoms with Gasteiger partial charge in [-0.05, 0) is 12.2 Å². The summed E-state index contributed by atoms with van der Waals surface area (Å²) >= 11 is 4.54. The molecule has 0 amide bonds. The largest absolute Gasteiger partial charge is 0.376 e. The Bertz CT molecular complexity index is 143. The predicted octanol–water partition coefficient (Wildman–Crippen LogP) is 0.233. The van der Waals surface area contributed by atoms with Crippen LogP contribution in [0.2, 0.25) is 0 Å². The van der Waals surface area contributed by atoms with Gasteiger partial charge in [-0.25, -0.2) is 0 Å². The summed E-state index contributed by atoms with van der Waals surface area (Å²) in [5.74, 6) is 5.71. The second-order valence-electron chi connectivity index (χ2n) is 1.42. The first-order valence-electron chi connectivity index (χ1n) is 2.76. The van der Waals surface area contributed by atoms with Crippen LogP contribution in [-0.2, 0) is 0 Å². The second kappa shape index (κ2) is 5.39. The van der Waals surface area contributed by atoms with E-state index >= 15 is 0 Å². The van der Waals surface area contributed by atoms with Gasteiger partial charge in [-0.1, -0.05) is 12.8 Å². The summed E-state index contributed by atoms with van der Waals surface area (Å²) in [5, 5.41) is 3.02. The van der Waals surface area contributed by atoms with Crippen LogP contribution in [0.3, 0.4) is 0 Å². The third kappa shape index (κ3) is 7.25. The van der Waals surface area contributed by atoms with E-state index in [1.54, 1.807) is 0 Å². The molecule has 0 bridgehead atoms. The molecule has 0 rings (SSSR count). The topological polar surface area (TPSA) is 38.0 Å². The highest BCUT2D eigenvalue weighted by atomic mass is 32.1. The molecule has 0 aromatic heterocycles. The Balaban J connectivity index is 3.19. The fourth-order valence-corrected chi connectivity index (χ4v) is 0.391. The third-order valence-corrected chi connectivity index (χ3v) is 0.797. The van der Waals surface area contributed by atoms with Crippen molar-refractivity contribution in [3.8, 4) is 11.8 Å². The highest BCUT2D eigenvalue weighted by molar-refractivity contribution is 7.80. The van der Waals surface area contributed by atoms with E-state index in [0.29, 0.717) is 11.7 Å². The normalized spacial score (nSPS) is 7.22. The van der Waals surface area contributed by atoms with Gasteiger partial charge in [-0.2, -0.15) is 0 Å². The number of nitrogens with two attached hydrogens (primary N) is 1. The van der Waals surface area contributed by atoms with Crippen molar-refractivity contribution in [1.82, 2.24) is 5.32 Å². The van der Waals surface area contributed by atoms with Gasteiger partial charge in [0.05, 0.1) is 6.54 Å². The molecule has 0 aliphatic carbocycles. The van der Waals surface area contributed by atoms with E-state index in [-0.39, 0.29) is 0 Å². The van der Waals surface area contributed by atoms with E-state index in [4.69, 9.17) is 5.73 Å². The zero-order valence-electron chi connectivity index (χ0n) is 5.40. The lowest BCUT2D eigenvalue weighted by Gasteiger charge is -1.93. The first kappa shape index (κ1) is 8.25. The monoisotopic (exact) mass is 142 g/mol. The molecular weight excluding hydrogens is 132 g/mol. The summed E-state index contributed by atoms with van der Waals surface area (Å²) in [7, 11) is 0. The van der Waals surface area contributed by atoms with Gasteiger partial charge < -0.3 is 11.1 Å². The Labute approximate surface area is 60.8 Å². The third-order valence-electron chi connectivity index (χ3n) is 0.653. The molecule has 50 valence electrons. The fourth-order valence-electron chi connectivity index (χ4n) is 0.319. The van der Waals surface area contributed by atoms with Gasteiger partial charge in [-0.15, -0.1) is 5.92 Å².